The molecule has 0 aliphatic carbocycles. The summed E-state index contributed by atoms with van der Waals surface area (Å²) in [6.45, 7) is 10.6. The third-order valence-corrected chi connectivity index (χ3v) is 6.62. The Morgan fingerprint density at radius 3 is 1.97 bits per heavy atom. The van der Waals surface area contributed by atoms with Gasteiger partial charge < -0.3 is 4.57 Å². The molecular weight excluding hydrogens is 426 g/mol. The predicted molar refractivity (Wildman–Crippen MR) is 148 cm³/mol. The molecule has 1 heterocycles. The summed E-state index contributed by atoms with van der Waals surface area (Å²) in [5.41, 5.74) is 7.50. The van der Waals surface area contributed by atoms with E-state index in [2.05, 4.69) is 115 Å². The maximum absolute atomic E-state index is 5.29. The van der Waals surface area contributed by atoms with Crippen LogP contribution in [0, 0.1) is 6.92 Å². The van der Waals surface area contributed by atoms with Gasteiger partial charge in [0.15, 0.2) is 0 Å². The number of imidazole rings is 1. The van der Waals surface area contributed by atoms with Crippen molar-refractivity contribution in [2.45, 2.75) is 66.1 Å². The number of hydrogen-bond acceptors (Lipinski definition) is 2. The van der Waals surface area contributed by atoms with Crippen LogP contribution in [0.25, 0.3) is 22.6 Å². The van der Waals surface area contributed by atoms with Gasteiger partial charge >= 0.3 is 0 Å². The zero-order valence-corrected chi connectivity index (χ0v) is 21.6. The summed E-state index contributed by atoms with van der Waals surface area (Å²) < 4.78 is 2.50. The van der Waals surface area contributed by atoms with E-state index in [1.807, 2.05) is 0 Å². The number of aromatic nitrogens is 2. The zero-order chi connectivity index (χ0) is 24.5. The van der Waals surface area contributed by atoms with E-state index >= 15 is 0 Å². The van der Waals surface area contributed by atoms with Crippen molar-refractivity contribution in [1.82, 2.24) is 14.5 Å². The van der Waals surface area contributed by atoms with Gasteiger partial charge in [-0.15, -0.1) is 0 Å². The van der Waals surface area contributed by atoms with Crippen molar-refractivity contribution in [3.05, 3.63) is 102 Å². The Kier molecular flexibility index (Phi) is 8.91. The quantitative estimate of drug-likeness (QED) is 0.211. The second-order valence-corrected chi connectivity index (χ2v) is 9.52. The van der Waals surface area contributed by atoms with Gasteiger partial charge in [0.05, 0.1) is 11.4 Å². The topological polar surface area (TPSA) is 21.1 Å². The van der Waals surface area contributed by atoms with E-state index in [-0.39, 0.29) is 0 Å². The highest BCUT2D eigenvalue weighted by Crippen LogP contribution is 2.31. The Hall–Kier alpha value is -3.17. The fraction of sp³-hybridized carbons (Fsp3) is 0.344. The highest BCUT2D eigenvalue weighted by Gasteiger charge is 2.21. The number of hydrogen-bond donors (Lipinski definition) is 0. The second kappa shape index (κ2) is 12.5. The monoisotopic (exact) mass is 465 g/mol. The van der Waals surface area contributed by atoms with Crippen molar-refractivity contribution < 1.29 is 0 Å². The molecular formula is C32H39N3. The molecule has 4 rings (SSSR count). The molecule has 0 saturated carbocycles. The maximum Gasteiger partial charge on any atom is 0.140 e. The SMILES string of the molecule is CCCCN(Cc1ccc(C)cc1)Cc1c(-c2ccccc2)nc(-c2ccccc2)n1CCCC. The van der Waals surface area contributed by atoms with Gasteiger partial charge in [-0.3, -0.25) is 4.90 Å². The molecule has 3 nitrogen and oxygen atoms in total. The van der Waals surface area contributed by atoms with Crippen molar-refractivity contribution in [1.29, 1.82) is 0 Å². The van der Waals surface area contributed by atoms with Crippen molar-refractivity contribution in [2.75, 3.05) is 6.54 Å². The fourth-order valence-electron chi connectivity index (χ4n) is 4.60. The van der Waals surface area contributed by atoms with Gasteiger partial charge in [0.25, 0.3) is 0 Å². The van der Waals surface area contributed by atoms with Gasteiger partial charge in [-0.25, -0.2) is 4.98 Å². The van der Waals surface area contributed by atoms with Gasteiger partial charge in [0.1, 0.15) is 5.82 Å². The third-order valence-electron chi connectivity index (χ3n) is 6.62. The molecule has 35 heavy (non-hydrogen) atoms. The molecule has 0 aliphatic heterocycles. The third kappa shape index (κ3) is 6.49. The van der Waals surface area contributed by atoms with Crippen LogP contribution in [0.2, 0.25) is 0 Å². The summed E-state index contributed by atoms with van der Waals surface area (Å²) in [6, 6.07) is 30.4. The van der Waals surface area contributed by atoms with Crippen molar-refractivity contribution >= 4 is 0 Å². The molecule has 0 unspecified atom stereocenters. The predicted octanol–water partition coefficient (Wildman–Crippen LogP) is 8.13. The number of unbranched alkanes of at least 4 members (excludes halogenated alkanes) is 2. The molecule has 0 bridgehead atoms. The van der Waals surface area contributed by atoms with Gasteiger partial charge in [-0.2, -0.15) is 0 Å². The minimum absolute atomic E-state index is 0.891. The molecule has 0 spiro atoms. The lowest BCUT2D eigenvalue weighted by molar-refractivity contribution is 0.246. The molecule has 4 aromatic rings. The Morgan fingerprint density at radius 2 is 1.34 bits per heavy atom. The van der Waals surface area contributed by atoms with Crippen LogP contribution in [0.1, 0.15) is 56.4 Å². The molecule has 0 fully saturated rings. The smallest absolute Gasteiger partial charge is 0.140 e. The number of aryl methyl sites for hydroxylation is 1. The summed E-state index contributed by atoms with van der Waals surface area (Å²) in [4.78, 5) is 7.90. The van der Waals surface area contributed by atoms with Crippen LogP contribution in [0.5, 0.6) is 0 Å². The van der Waals surface area contributed by atoms with E-state index in [9.17, 15) is 0 Å². The van der Waals surface area contributed by atoms with E-state index in [4.69, 9.17) is 4.98 Å². The normalized spacial score (nSPS) is 11.3. The molecule has 0 aliphatic rings. The van der Waals surface area contributed by atoms with E-state index in [0.29, 0.717) is 0 Å². The van der Waals surface area contributed by atoms with Crippen molar-refractivity contribution in [3.8, 4) is 22.6 Å². The highest BCUT2D eigenvalue weighted by molar-refractivity contribution is 5.68. The summed E-state index contributed by atoms with van der Waals surface area (Å²) in [6.07, 6.45) is 4.70. The van der Waals surface area contributed by atoms with E-state index < -0.39 is 0 Å². The lowest BCUT2D eigenvalue weighted by Gasteiger charge is -2.24. The summed E-state index contributed by atoms with van der Waals surface area (Å²) >= 11 is 0. The lowest BCUT2D eigenvalue weighted by Crippen LogP contribution is -2.26. The number of rotatable bonds is 12. The molecule has 182 valence electrons. The van der Waals surface area contributed by atoms with Crippen molar-refractivity contribution in [2.24, 2.45) is 0 Å². The van der Waals surface area contributed by atoms with Crippen molar-refractivity contribution in [3.63, 3.8) is 0 Å². The molecule has 0 atom stereocenters. The van der Waals surface area contributed by atoms with Crippen LogP contribution in [-0.4, -0.2) is 21.0 Å². The molecule has 3 heteroatoms. The fourth-order valence-corrected chi connectivity index (χ4v) is 4.60. The Bertz CT molecular complexity index is 1160. The van der Waals surface area contributed by atoms with Crippen LogP contribution < -0.4 is 0 Å². The number of nitrogens with zero attached hydrogens (tertiary/aromatic N) is 3. The molecule has 1 aromatic heterocycles. The minimum atomic E-state index is 0.891. The second-order valence-electron chi connectivity index (χ2n) is 9.52. The molecule has 0 amide bonds. The van der Waals surface area contributed by atoms with E-state index in [1.54, 1.807) is 0 Å². The van der Waals surface area contributed by atoms with Gasteiger partial charge in [-0.05, 0) is 31.9 Å². The summed E-state index contributed by atoms with van der Waals surface area (Å²) in [7, 11) is 0. The average molecular weight is 466 g/mol. The first-order valence-electron chi connectivity index (χ1n) is 13.2. The minimum Gasteiger partial charge on any atom is -0.326 e. The van der Waals surface area contributed by atoms with Gasteiger partial charge in [0.2, 0.25) is 0 Å². The van der Waals surface area contributed by atoms with Crippen LogP contribution in [0.3, 0.4) is 0 Å². The maximum atomic E-state index is 5.29. The lowest BCUT2D eigenvalue weighted by atomic mass is 10.1. The summed E-state index contributed by atoms with van der Waals surface area (Å²) in [5.74, 6) is 1.08. The molecule has 0 radical (unpaired) electrons. The average Bonchev–Trinajstić information content (AvgIpc) is 3.26. The summed E-state index contributed by atoms with van der Waals surface area (Å²) in [5, 5.41) is 0. The van der Waals surface area contributed by atoms with Gasteiger partial charge in [0, 0.05) is 30.8 Å². The van der Waals surface area contributed by atoms with Crippen LogP contribution in [-0.2, 0) is 19.6 Å². The van der Waals surface area contributed by atoms with E-state index in [0.717, 1.165) is 50.5 Å². The number of benzene rings is 3. The highest BCUT2D eigenvalue weighted by atomic mass is 15.2. The first-order chi connectivity index (χ1) is 17.2. The molecule has 0 saturated heterocycles. The standard InChI is InChI=1S/C32H39N3/c1-4-6-22-34(24-27-20-18-26(3)19-21-27)25-30-31(28-14-10-8-11-15-28)33-32(35(30)23-7-5-2)29-16-12-9-13-17-29/h8-21H,4-7,22-25H2,1-3H3. The largest absolute Gasteiger partial charge is 0.326 e. The first-order valence-corrected chi connectivity index (χ1v) is 13.2. The molecule has 0 N–H and O–H groups in total. The molecule has 3 aromatic carbocycles. The van der Waals surface area contributed by atoms with Gasteiger partial charge in [-0.1, -0.05) is 117 Å². The van der Waals surface area contributed by atoms with Crippen LogP contribution in [0.4, 0.5) is 0 Å². The first kappa shape index (κ1) is 24.9. The Balaban J connectivity index is 1.78. The van der Waals surface area contributed by atoms with E-state index in [1.165, 1.54) is 40.8 Å². The Labute approximate surface area is 211 Å². The van der Waals surface area contributed by atoms with Crippen LogP contribution >= 0.6 is 0 Å². The zero-order valence-electron chi connectivity index (χ0n) is 21.6. The Morgan fingerprint density at radius 1 is 0.714 bits per heavy atom. The van der Waals surface area contributed by atoms with Crippen LogP contribution in [0.15, 0.2) is 84.9 Å².